The highest BCUT2D eigenvalue weighted by molar-refractivity contribution is 7.99. The quantitative estimate of drug-likeness (QED) is 0.334. The van der Waals surface area contributed by atoms with Crippen LogP contribution in [-0.4, -0.2) is 62.6 Å². The topological polar surface area (TPSA) is 63.2 Å². The van der Waals surface area contributed by atoms with Crippen molar-refractivity contribution in [2.45, 2.75) is 43.6 Å². The van der Waals surface area contributed by atoms with Crippen molar-refractivity contribution in [1.82, 2.24) is 24.6 Å². The molecule has 0 radical (unpaired) electrons. The molecule has 2 atom stereocenters. The molecule has 2 fully saturated rings. The number of nitrogens with zero attached hydrogens (tertiary/aromatic N) is 6. The second-order valence-corrected chi connectivity index (χ2v) is 10.3. The van der Waals surface area contributed by atoms with E-state index in [0.717, 1.165) is 67.7 Å². The van der Waals surface area contributed by atoms with Crippen LogP contribution in [-0.2, 0) is 13.2 Å². The highest BCUT2D eigenvalue weighted by Crippen LogP contribution is 2.37. The van der Waals surface area contributed by atoms with E-state index in [9.17, 15) is 13.2 Å². The van der Waals surface area contributed by atoms with Crippen LogP contribution in [0.4, 0.5) is 18.9 Å². The molecule has 0 saturated carbocycles. The van der Waals surface area contributed by atoms with Gasteiger partial charge in [0.25, 0.3) is 0 Å². The van der Waals surface area contributed by atoms with Crippen LogP contribution >= 0.6 is 11.8 Å². The number of oxazole rings is 1. The lowest BCUT2D eigenvalue weighted by atomic mass is 9.92. The third-order valence-corrected chi connectivity index (χ3v) is 8.21. The van der Waals surface area contributed by atoms with Gasteiger partial charge in [0, 0.05) is 37.6 Å². The molecule has 0 amide bonds. The maximum atomic E-state index is 12.9. The number of alkyl halides is 3. The van der Waals surface area contributed by atoms with Crippen molar-refractivity contribution >= 4 is 17.4 Å². The summed E-state index contributed by atoms with van der Waals surface area (Å²) in [6, 6.07) is 6.00. The molecule has 7 nitrogen and oxygen atoms in total. The summed E-state index contributed by atoms with van der Waals surface area (Å²) in [6.07, 6.45) is 0.379. The number of thioether (sulfide) groups is 1. The summed E-state index contributed by atoms with van der Waals surface area (Å²) in [5.41, 5.74) is 1.09. The number of anilines is 1. The van der Waals surface area contributed by atoms with E-state index in [1.165, 1.54) is 18.5 Å². The average Bonchev–Trinajstić information content (AvgIpc) is 3.54. The first-order valence-corrected chi connectivity index (χ1v) is 12.9. The van der Waals surface area contributed by atoms with E-state index in [2.05, 4.69) is 25.0 Å². The zero-order valence-corrected chi connectivity index (χ0v) is 20.6. The molecular weight excluding hydrogens is 477 g/mol. The zero-order chi connectivity index (χ0) is 24.6. The minimum absolute atomic E-state index is 0.361. The van der Waals surface area contributed by atoms with Crippen molar-refractivity contribution in [2.24, 2.45) is 13.0 Å². The third-order valence-electron chi connectivity index (χ3n) is 7.11. The number of aryl methyl sites for hydroxylation is 1. The molecule has 0 bridgehead atoms. The fourth-order valence-electron chi connectivity index (χ4n) is 5.18. The molecule has 0 aliphatic carbocycles. The maximum Gasteiger partial charge on any atom is 0.416 e. The maximum absolute atomic E-state index is 12.9. The van der Waals surface area contributed by atoms with Crippen molar-refractivity contribution in [2.75, 3.05) is 36.8 Å². The molecule has 2 aliphatic rings. The number of benzene rings is 1. The Morgan fingerprint density at radius 1 is 1.11 bits per heavy atom. The summed E-state index contributed by atoms with van der Waals surface area (Å²) < 4.78 is 46.2. The Kier molecular flexibility index (Phi) is 6.80. The van der Waals surface area contributed by atoms with E-state index in [1.54, 1.807) is 23.9 Å². The standard InChI is InChI=1S/C24H29F3N6OS/c1-16-21(34-15-28-16)22-29-30-23(31(22)2)35-13-3-10-32-11-8-17-9-12-33(20(17)14-32)19-6-4-18(5-7-19)24(25,26)27/h4-7,15,17,20H,3,8-14H2,1-2H3. The SMILES string of the molecule is Cc1ncoc1-c1nnc(SCCCN2CCC3CCN(c4ccc(C(F)(F)F)cc4)C3C2)n1C. The van der Waals surface area contributed by atoms with Crippen molar-refractivity contribution in [3.05, 3.63) is 41.9 Å². The Labute approximate surface area is 206 Å². The van der Waals surface area contributed by atoms with E-state index < -0.39 is 11.7 Å². The van der Waals surface area contributed by atoms with Crippen LogP contribution in [0.15, 0.2) is 40.2 Å². The van der Waals surface area contributed by atoms with Crippen LogP contribution in [0.25, 0.3) is 11.6 Å². The molecule has 2 saturated heterocycles. The van der Waals surface area contributed by atoms with Crippen molar-refractivity contribution in [1.29, 1.82) is 0 Å². The van der Waals surface area contributed by atoms with E-state index in [1.807, 2.05) is 18.5 Å². The Bertz CT molecular complexity index is 1150. The van der Waals surface area contributed by atoms with Crippen LogP contribution in [0.5, 0.6) is 0 Å². The smallest absolute Gasteiger partial charge is 0.416 e. The number of hydrogen-bond acceptors (Lipinski definition) is 7. The third kappa shape index (κ3) is 5.06. The van der Waals surface area contributed by atoms with E-state index in [0.29, 0.717) is 23.5 Å². The second-order valence-electron chi connectivity index (χ2n) is 9.28. The molecule has 1 aromatic carbocycles. The van der Waals surface area contributed by atoms with Gasteiger partial charge in [0.2, 0.25) is 5.82 Å². The van der Waals surface area contributed by atoms with Gasteiger partial charge in [-0.2, -0.15) is 13.2 Å². The second kappa shape index (κ2) is 9.85. The molecular formula is C24H29F3N6OS. The van der Waals surface area contributed by atoms with Gasteiger partial charge in [0.1, 0.15) is 0 Å². The number of fused-ring (bicyclic) bond motifs is 1. The van der Waals surface area contributed by atoms with E-state index >= 15 is 0 Å². The minimum atomic E-state index is -4.30. The number of hydrogen-bond donors (Lipinski definition) is 0. The zero-order valence-electron chi connectivity index (χ0n) is 19.8. The Hall–Kier alpha value is -2.53. The number of aromatic nitrogens is 4. The highest BCUT2D eigenvalue weighted by Gasteiger charge is 2.38. The van der Waals surface area contributed by atoms with Gasteiger partial charge in [-0.05, 0) is 69.5 Å². The first kappa shape index (κ1) is 24.2. The summed E-state index contributed by atoms with van der Waals surface area (Å²) in [7, 11) is 1.93. The van der Waals surface area contributed by atoms with Crippen LogP contribution < -0.4 is 4.90 Å². The van der Waals surface area contributed by atoms with Gasteiger partial charge in [0.05, 0.1) is 11.3 Å². The number of piperidine rings is 1. The minimum Gasteiger partial charge on any atom is -0.440 e. The number of rotatable bonds is 7. The van der Waals surface area contributed by atoms with Gasteiger partial charge in [-0.1, -0.05) is 11.8 Å². The van der Waals surface area contributed by atoms with Gasteiger partial charge in [-0.3, -0.25) is 0 Å². The molecule has 2 unspecified atom stereocenters. The van der Waals surface area contributed by atoms with Gasteiger partial charge in [-0.25, -0.2) is 4.98 Å². The van der Waals surface area contributed by atoms with Crippen molar-refractivity contribution in [3.63, 3.8) is 0 Å². The molecule has 2 aliphatic heterocycles. The van der Waals surface area contributed by atoms with Gasteiger partial charge >= 0.3 is 6.18 Å². The lowest BCUT2D eigenvalue weighted by Crippen LogP contribution is -2.48. The first-order valence-electron chi connectivity index (χ1n) is 11.9. The molecule has 2 aromatic heterocycles. The van der Waals surface area contributed by atoms with Crippen LogP contribution in [0.3, 0.4) is 0 Å². The summed E-state index contributed by atoms with van der Waals surface area (Å²) >= 11 is 1.68. The lowest BCUT2D eigenvalue weighted by molar-refractivity contribution is -0.137. The first-order chi connectivity index (χ1) is 16.8. The molecule has 0 spiro atoms. The number of likely N-dealkylation sites (tertiary alicyclic amines) is 1. The molecule has 5 rings (SSSR count). The van der Waals surface area contributed by atoms with Crippen LogP contribution in [0.2, 0.25) is 0 Å². The van der Waals surface area contributed by atoms with Crippen molar-refractivity contribution in [3.8, 4) is 11.6 Å². The van der Waals surface area contributed by atoms with E-state index in [4.69, 9.17) is 4.42 Å². The molecule has 188 valence electrons. The highest BCUT2D eigenvalue weighted by atomic mass is 32.2. The van der Waals surface area contributed by atoms with Crippen molar-refractivity contribution < 1.29 is 17.6 Å². The van der Waals surface area contributed by atoms with Gasteiger partial charge in [-0.15, -0.1) is 10.2 Å². The predicted octanol–water partition coefficient (Wildman–Crippen LogP) is 4.88. The Morgan fingerprint density at radius 3 is 2.60 bits per heavy atom. The van der Waals surface area contributed by atoms with Gasteiger partial charge in [0.15, 0.2) is 17.3 Å². The lowest BCUT2D eigenvalue weighted by Gasteiger charge is -2.39. The fourth-order valence-corrected chi connectivity index (χ4v) is 6.01. The summed E-state index contributed by atoms with van der Waals surface area (Å²) in [4.78, 5) is 8.92. The van der Waals surface area contributed by atoms with Gasteiger partial charge < -0.3 is 18.8 Å². The summed E-state index contributed by atoms with van der Waals surface area (Å²) in [5.74, 6) is 2.85. The largest absolute Gasteiger partial charge is 0.440 e. The average molecular weight is 507 g/mol. The summed E-state index contributed by atoms with van der Waals surface area (Å²) in [5, 5.41) is 9.41. The Morgan fingerprint density at radius 2 is 1.89 bits per heavy atom. The number of halogens is 3. The monoisotopic (exact) mass is 506 g/mol. The summed E-state index contributed by atoms with van der Waals surface area (Å²) in [6.45, 7) is 5.81. The predicted molar refractivity (Wildman–Crippen MR) is 128 cm³/mol. The Balaban J connectivity index is 1.13. The molecule has 4 heterocycles. The fraction of sp³-hybridized carbons (Fsp3) is 0.542. The molecule has 11 heteroatoms. The normalized spacial score (nSPS) is 21.0. The van der Waals surface area contributed by atoms with Crippen LogP contribution in [0, 0.1) is 12.8 Å². The molecule has 35 heavy (non-hydrogen) atoms. The molecule has 0 N–H and O–H groups in total. The molecule has 3 aromatic rings. The van der Waals surface area contributed by atoms with Crippen LogP contribution in [0.1, 0.15) is 30.5 Å². The van der Waals surface area contributed by atoms with E-state index in [-0.39, 0.29) is 0 Å².